The van der Waals surface area contributed by atoms with Gasteiger partial charge in [0.15, 0.2) is 11.3 Å². The molecular weight excluding hydrogens is 438 g/mol. The summed E-state index contributed by atoms with van der Waals surface area (Å²) in [6.45, 7) is 7.23. The molecule has 1 aromatic carbocycles. The lowest BCUT2D eigenvalue weighted by molar-refractivity contribution is -0.151. The Labute approximate surface area is 208 Å². The van der Waals surface area contributed by atoms with Crippen molar-refractivity contribution in [2.45, 2.75) is 90.7 Å². The minimum Gasteiger partial charge on any atom is -0.494 e. The molecule has 0 spiro atoms. The highest BCUT2D eigenvalue weighted by Gasteiger charge is 2.61. The molecule has 2 aromatic rings. The molecule has 0 saturated heterocycles. The first-order valence-electron chi connectivity index (χ1n) is 13.8. The molecule has 1 aromatic heterocycles. The predicted octanol–water partition coefficient (Wildman–Crippen LogP) is 5.42. The van der Waals surface area contributed by atoms with Crippen LogP contribution in [0.2, 0.25) is 0 Å². The maximum absolute atomic E-state index is 13.7. The van der Waals surface area contributed by atoms with Gasteiger partial charge in [0.05, 0.1) is 12.7 Å². The third kappa shape index (κ3) is 3.57. The number of hydrogen-bond donors (Lipinski definition) is 1. The first-order chi connectivity index (χ1) is 16.6. The molecule has 0 radical (unpaired) electrons. The molecule has 6 nitrogen and oxygen atoms in total. The van der Waals surface area contributed by atoms with Crippen molar-refractivity contribution in [3.8, 4) is 5.75 Å². The van der Waals surface area contributed by atoms with Gasteiger partial charge in [-0.2, -0.15) is 9.90 Å². The number of nitrogens with zero attached hydrogens (tertiary/aromatic N) is 3. The average Bonchev–Trinajstić information content (AvgIpc) is 3.39. The SMILES string of the molecule is COc1cccc2nn(CC(=O)[C@H]3CC[C@H]4[C@@H]5CC[C@H]6C[C@](C)(O)CC[C@]6(C)[C@H]5CC[C@]34C)nc12. The largest absolute Gasteiger partial charge is 0.494 e. The van der Waals surface area contributed by atoms with Crippen LogP contribution < -0.4 is 4.74 Å². The number of carbonyl (C=O) groups excluding carboxylic acids is 1. The lowest BCUT2D eigenvalue weighted by atomic mass is 9.44. The van der Waals surface area contributed by atoms with Gasteiger partial charge in [-0.15, -0.1) is 5.10 Å². The summed E-state index contributed by atoms with van der Waals surface area (Å²) in [5.74, 6) is 3.84. The van der Waals surface area contributed by atoms with E-state index in [4.69, 9.17) is 4.74 Å². The highest BCUT2D eigenvalue weighted by molar-refractivity contribution is 5.83. The molecule has 6 heteroatoms. The molecule has 0 bridgehead atoms. The number of fused-ring (bicyclic) bond motifs is 6. The summed E-state index contributed by atoms with van der Waals surface area (Å²) in [5, 5.41) is 19.9. The van der Waals surface area contributed by atoms with E-state index in [1.807, 2.05) is 25.1 Å². The van der Waals surface area contributed by atoms with Crippen LogP contribution in [0.5, 0.6) is 5.75 Å². The minimum atomic E-state index is -0.486. The Morgan fingerprint density at radius 3 is 2.63 bits per heavy atom. The predicted molar refractivity (Wildman–Crippen MR) is 135 cm³/mol. The Morgan fingerprint density at radius 2 is 1.83 bits per heavy atom. The van der Waals surface area contributed by atoms with Crippen molar-refractivity contribution in [3.05, 3.63) is 18.2 Å². The molecule has 8 atom stereocenters. The Bertz CT molecular complexity index is 1140. The van der Waals surface area contributed by atoms with Gasteiger partial charge in [-0.05, 0) is 111 Å². The fourth-order valence-corrected chi connectivity index (χ4v) is 9.40. The van der Waals surface area contributed by atoms with Crippen molar-refractivity contribution in [3.63, 3.8) is 0 Å². The minimum absolute atomic E-state index is 0.0892. The molecule has 190 valence electrons. The molecule has 1 heterocycles. The zero-order valence-electron chi connectivity index (χ0n) is 21.8. The maximum Gasteiger partial charge on any atom is 0.159 e. The van der Waals surface area contributed by atoms with E-state index in [1.165, 1.54) is 25.7 Å². The summed E-state index contributed by atoms with van der Waals surface area (Å²) in [6.07, 6.45) is 10.1. The number of methoxy groups -OCH3 is 1. The quantitative estimate of drug-likeness (QED) is 0.634. The van der Waals surface area contributed by atoms with Crippen LogP contribution in [0.4, 0.5) is 0 Å². The van der Waals surface area contributed by atoms with Crippen LogP contribution in [0.15, 0.2) is 18.2 Å². The summed E-state index contributed by atoms with van der Waals surface area (Å²) in [6, 6.07) is 5.71. The molecule has 0 amide bonds. The van der Waals surface area contributed by atoms with Crippen LogP contribution in [0.25, 0.3) is 11.0 Å². The van der Waals surface area contributed by atoms with E-state index in [0.717, 1.165) is 55.0 Å². The second kappa shape index (κ2) is 8.03. The highest BCUT2D eigenvalue weighted by atomic mass is 16.5. The van der Waals surface area contributed by atoms with E-state index in [2.05, 4.69) is 24.0 Å². The van der Waals surface area contributed by atoms with Gasteiger partial charge in [-0.25, -0.2) is 0 Å². The lowest BCUT2D eigenvalue weighted by Crippen LogP contribution is -2.55. The van der Waals surface area contributed by atoms with Gasteiger partial charge in [0.2, 0.25) is 0 Å². The molecule has 1 N–H and O–H groups in total. The summed E-state index contributed by atoms with van der Waals surface area (Å²) >= 11 is 0. The number of rotatable bonds is 4. The van der Waals surface area contributed by atoms with Gasteiger partial charge in [-0.3, -0.25) is 4.79 Å². The van der Waals surface area contributed by atoms with Crippen LogP contribution in [0.1, 0.15) is 78.6 Å². The summed E-state index contributed by atoms with van der Waals surface area (Å²) < 4.78 is 5.43. The van der Waals surface area contributed by atoms with Crippen molar-refractivity contribution >= 4 is 16.8 Å². The standard InChI is InChI=1S/C29H41N3O3/c1-27(34)14-15-28(2)18(16-27)8-9-19-20-10-11-22(29(20,3)13-12-21(19)28)24(33)17-32-30-23-6-5-7-25(35-4)26(23)31-32/h5-7,18-22,34H,8-17H2,1-4H3/t18-,19-,20-,21-,22+,27+,28-,29-/m0/s1. The molecule has 6 rings (SSSR count). The number of carbonyl (C=O) groups is 1. The van der Waals surface area contributed by atoms with E-state index in [0.29, 0.717) is 28.8 Å². The normalized spacial score (nSPS) is 42.8. The van der Waals surface area contributed by atoms with Crippen LogP contribution in [-0.4, -0.2) is 38.6 Å². The zero-order chi connectivity index (χ0) is 24.6. The van der Waals surface area contributed by atoms with Gasteiger partial charge in [0.25, 0.3) is 0 Å². The van der Waals surface area contributed by atoms with Crippen LogP contribution >= 0.6 is 0 Å². The number of ether oxygens (including phenoxy) is 1. The maximum atomic E-state index is 13.7. The number of hydrogen-bond acceptors (Lipinski definition) is 5. The monoisotopic (exact) mass is 479 g/mol. The number of ketones is 1. The van der Waals surface area contributed by atoms with Gasteiger partial charge < -0.3 is 9.84 Å². The fourth-order valence-electron chi connectivity index (χ4n) is 9.40. The van der Waals surface area contributed by atoms with E-state index < -0.39 is 5.60 Å². The van der Waals surface area contributed by atoms with Gasteiger partial charge in [-0.1, -0.05) is 19.9 Å². The first kappa shape index (κ1) is 23.4. The van der Waals surface area contributed by atoms with Crippen molar-refractivity contribution in [1.82, 2.24) is 15.0 Å². The summed E-state index contributed by atoms with van der Waals surface area (Å²) in [4.78, 5) is 15.3. The van der Waals surface area contributed by atoms with Crippen molar-refractivity contribution in [2.75, 3.05) is 7.11 Å². The molecule has 4 fully saturated rings. The first-order valence-corrected chi connectivity index (χ1v) is 13.8. The van der Waals surface area contributed by atoms with E-state index in [1.54, 1.807) is 11.9 Å². The number of benzene rings is 1. The Hall–Kier alpha value is -1.95. The number of Topliss-reactive ketones (excluding diaryl/α,β-unsaturated/α-hetero) is 1. The van der Waals surface area contributed by atoms with Crippen molar-refractivity contribution in [2.24, 2.45) is 40.4 Å². The molecule has 4 aliphatic rings. The third-order valence-corrected chi connectivity index (χ3v) is 11.3. The second-order valence-corrected chi connectivity index (χ2v) is 13.1. The van der Waals surface area contributed by atoms with E-state index in [-0.39, 0.29) is 17.9 Å². The van der Waals surface area contributed by atoms with Gasteiger partial charge in [0, 0.05) is 5.92 Å². The summed E-state index contributed by atoms with van der Waals surface area (Å²) in [5.41, 5.74) is 1.44. The fraction of sp³-hybridized carbons (Fsp3) is 0.759. The smallest absolute Gasteiger partial charge is 0.159 e. The topological polar surface area (TPSA) is 77.2 Å². The third-order valence-electron chi connectivity index (χ3n) is 11.3. The Kier molecular flexibility index (Phi) is 5.38. The number of aromatic nitrogens is 3. The highest BCUT2D eigenvalue weighted by Crippen LogP contribution is 2.68. The van der Waals surface area contributed by atoms with Crippen molar-refractivity contribution < 1.29 is 14.6 Å². The van der Waals surface area contributed by atoms with E-state index >= 15 is 0 Å². The molecule has 4 saturated carbocycles. The molecule has 0 aliphatic heterocycles. The second-order valence-electron chi connectivity index (χ2n) is 13.1. The van der Waals surface area contributed by atoms with Crippen molar-refractivity contribution in [1.29, 1.82) is 0 Å². The van der Waals surface area contributed by atoms with Crippen LogP contribution in [0, 0.1) is 40.4 Å². The van der Waals surface area contributed by atoms with Gasteiger partial charge in [0.1, 0.15) is 17.8 Å². The average molecular weight is 480 g/mol. The molecular formula is C29H41N3O3. The Balaban J connectivity index is 1.20. The van der Waals surface area contributed by atoms with Gasteiger partial charge >= 0.3 is 0 Å². The zero-order valence-corrected chi connectivity index (χ0v) is 21.8. The lowest BCUT2D eigenvalue weighted by Gasteiger charge is -2.61. The molecule has 35 heavy (non-hydrogen) atoms. The molecule has 0 unspecified atom stereocenters. The van der Waals surface area contributed by atoms with Crippen LogP contribution in [0.3, 0.4) is 0 Å². The summed E-state index contributed by atoms with van der Waals surface area (Å²) in [7, 11) is 1.64. The number of aliphatic hydroxyl groups is 1. The molecule has 4 aliphatic carbocycles. The Morgan fingerprint density at radius 1 is 1.03 bits per heavy atom. The van der Waals surface area contributed by atoms with E-state index in [9.17, 15) is 9.90 Å². The van der Waals surface area contributed by atoms with Crippen LogP contribution in [-0.2, 0) is 11.3 Å².